The van der Waals surface area contributed by atoms with Crippen LogP contribution in [0.4, 0.5) is 0 Å². The van der Waals surface area contributed by atoms with Crippen LogP contribution in [-0.4, -0.2) is 60.1 Å². The van der Waals surface area contributed by atoms with Crippen molar-refractivity contribution in [1.82, 2.24) is 0 Å². The van der Waals surface area contributed by atoms with Crippen molar-refractivity contribution in [3.8, 4) is 0 Å². The number of fused-ring (bicyclic) bond motifs is 1. The third kappa shape index (κ3) is 3.52. The highest BCUT2D eigenvalue weighted by Gasteiger charge is 2.58. The minimum Gasteiger partial charge on any atom is -0.457 e. The first kappa shape index (κ1) is 16.2. The molecule has 8 heteroatoms. The van der Waals surface area contributed by atoms with Crippen LogP contribution >= 0.6 is 0 Å². The molecule has 5 atom stereocenters. The zero-order valence-electron chi connectivity index (χ0n) is 12.4. The molecule has 8 nitrogen and oxygen atoms in total. The number of esters is 2. The molecule has 0 aromatic carbocycles. The molecular formula is C13H20O8. The Kier molecular flexibility index (Phi) is 4.52. The molecular weight excluding hydrogens is 284 g/mol. The average Bonchev–Trinajstić information content (AvgIpc) is 2.79. The van der Waals surface area contributed by atoms with E-state index in [0.29, 0.717) is 0 Å². The number of aliphatic hydroxyl groups is 1. The van der Waals surface area contributed by atoms with Gasteiger partial charge in [0.05, 0.1) is 6.61 Å². The number of carbonyl (C=O) groups is 2. The summed E-state index contributed by atoms with van der Waals surface area (Å²) < 4.78 is 27.1. The van der Waals surface area contributed by atoms with Crippen LogP contribution < -0.4 is 0 Å². The third-order valence-corrected chi connectivity index (χ3v) is 3.19. The fourth-order valence-corrected chi connectivity index (χ4v) is 2.55. The van der Waals surface area contributed by atoms with Gasteiger partial charge in [0, 0.05) is 13.8 Å². The van der Waals surface area contributed by atoms with Crippen molar-refractivity contribution in [3.63, 3.8) is 0 Å². The van der Waals surface area contributed by atoms with Crippen LogP contribution in [0.1, 0.15) is 27.7 Å². The van der Waals surface area contributed by atoms with Crippen molar-refractivity contribution in [1.29, 1.82) is 0 Å². The van der Waals surface area contributed by atoms with Crippen LogP contribution in [0.2, 0.25) is 0 Å². The molecule has 0 bridgehead atoms. The van der Waals surface area contributed by atoms with Crippen LogP contribution in [0.15, 0.2) is 0 Å². The van der Waals surface area contributed by atoms with Gasteiger partial charge >= 0.3 is 11.9 Å². The first-order chi connectivity index (χ1) is 9.73. The number of aliphatic hydroxyl groups excluding tert-OH is 1. The molecule has 2 heterocycles. The highest BCUT2D eigenvalue weighted by Crippen LogP contribution is 2.40. The Morgan fingerprint density at radius 1 is 1.24 bits per heavy atom. The van der Waals surface area contributed by atoms with Crippen molar-refractivity contribution in [2.24, 2.45) is 0 Å². The minimum atomic E-state index is -0.965. The Morgan fingerprint density at radius 3 is 2.43 bits per heavy atom. The van der Waals surface area contributed by atoms with Gasteiger partial charge < -0.3 is 28.8 Å². The molecule has 0 radical (unpaired) electrons. The first-order valence-corrected chi connectivity index (χ1v) is 6.70. The largest absolute Gasteiger partial charge is 0.457 e. The summed E-state index contributed by atoms with van der Waals surface area (Å²) in [5.74, 6) is -1.96. The molecule has 0 saturated carbocycles. The Morgan fingerprint density at radius 2 is 1.90 bits per heavy atom. The third-order valence-electron chi connectivity index (χ3n) is 3.19. The summed E-state index contributed by atoms with van der Waals surface area (Å²) in [6.45, 7) is 5.43. The molecule has 0 aromatic heterocycles. The van der Waals surface area contributed by atoms with Crippen molar-refractivity contribution in [3.05, 3.63) is 0 Å². The quantitative estimate of drug-likeness (QED) is 0.708. The number of carbonyl (C=O) groups excluding carboxylic acids is 2. The standard InChI is InChI=1S/C13H20O8/c1-6(15)17-8(5-14)9-10(18-7(2)16)11-12(19-9)21-13(3,4)20-11/h8-12,14H,5H2,1-4H3/t8-,9+,10-,11+,12+/m0/s1. The van der Waals surface area contributed by atoms with Crippen LogP contribution in [-0.2, 0) is 33.3 Å². The van der Waals surface area contributed by atoms with Crippen molar-refractivity contribution in [2.75, 3.05) is 6.61 Å². The van der Waals surface area contributed by atoms with E-state index in [2.05, 4.69) is 0 Å². The molecule has 2 rings (SSSR count). The number of ether oxygens (including phenoxy) is 5. The highest BCUT2D eigenvalue weighted by atomic mass is 16.8. The molecule has 2 saturated heterocycles. The van der Waals surface area contributed by atoms with E-state index in [1.54, 1.807) is 13.8 Å². The molecule has 0 unspecified atom stereocenters. The van der Waals surface area contributed by atoms with Gasteiger partial charge in [-0.3, -0.25) is 9.59 Å². The summed E-state index contributed by atoms with van der Waals surface area (Å²) in [4.78, 5) is 22.4. The van der Waals surface area contributed by atoms with Gasteiger partial charge in [-0.2, -0.15) is 0 Å². The lowest BCUT2D eigenvalue weighted by atomic mass is 10.1. The van der Waals surface area contributed by atoms with Gasteiger partial charge in [0.15, 0.2) is 30.4 Å². The maximum atomic E-state index is 11.3. The normalized spacial score (nSPS) is 35.1. The summed E-state index contributed by atoms with van der Waals surface area (Å²) in [5, 5.41) is 9.37. The second-order valence-corrected chi connectivity index (χ2v) is 5.47. The van der Waals surface area contributed by atoms with E-state index in [9.17, 15) is 14.7 Å². The van der Waals surface area contributed by atoms with Crippen LogP contribution in [0.3, 0.4) is 0 Å². The van der Waals surface area contributed by atoms with Gasteiger partial charge in [-0.05, 0) is 13.8 Å². The fourth-order valence-electron chi connectivity index (χ4n) is 2.55. The molecule has 0 aliphatic carbocycles. The smallest absolute Gasteiger partial charge is 0.303 e. The number of hydrogen-bond acceptors (Lipinski definition) is 8. The van der Waals surface area contributed by atoms with Crippen molar-refractivity contribution < 1.29 is 38.4 Å². The SMILES string of the molecule is CC(=O)O[C@@H]1[C@H]2OC(C)(C)O[C@H]2O[C@@H]1[C@H](CO)OC(C)=O. The van der Waals surface area contributed by atoms with Crippen LogP contribution in [0.5, 0.6) is 0 Å². The van der Waals surface area contributed by atoms with Crippen LogP contribution in [0, 0.1) is 0 Å². The topological polar surface area (TPSA) is 101 Å². The van der Waals surface area contributed by atoms with Crippen molar-refractivity contribution in [2.45, 2.75) is 64.2 Å². The molecule has 21 heavy (non-hydrogen) atoms. The van der Waals surface area contributed by atoms with Gasteiger partial charge in [-0.15, -0.1) is 0 Å². The lowest BCUT2D eigenvalue weighted by Gasteiger charge is -2.29. The van der Waals surface area contributed by atoms with Crippen molar-refractivity contribution >= 4 is 11.9 Å². The maximum absolute atomic E-state index is 11.3. The second kappa shape index (κ2) is 5.88. The van der Waals surface area contributed by atoms with Gasteiger partial charge in [-0.1, -0.05) is 0 Å². The van der Waals surface area contributed by atoms with E-state index in [0.717, 1.165) is 0 Å². The van der Waals surface area contributed by atoms with E-state index in [1.165, 1.54) is 13.8 Å². The minimum absolute atomic E-state index is 0.467. The Labute approximate surface area is 122 Å². The lowest BCUT2D eigenvalue weighted by Crippen LogP contribution is -2.46. The van der Waals surface area contributed by atoms with E-state index in [-0.39, 0.29) is 0 Å². The zero-order chi connectivity index (χ0) is 15.8. The number of rotatable bonds is 4. The summed E-state index contributed by atoms with van der Waals surface area (Å²) >= 11 is 0. The van der Waals surface area contributed by atoms with Gasteiger partial charge in [0.2, 0.25) is 0 Å². The Balaban J connectivity index is 2.17. The number of hydrogen-bond donors (Lipinski definition) is 1. The van der Waals surface area contributed by atoms with Crippen LogP contribution in [0.25, 0.3) is 0 Å². The predicted octanol–water partition coefficient (Wildman–Crippen LogP) is -0.282. The fraction of sp³-hybridized carbons (Fsp3) is 0.846. The van der Waals surface area contributed by atoms with E-state index >= 15 is 0 Å². The average molecular weight is 304 g/mol. The lowest BCUT2D eigenvalue weighted by molar-refractivity contribution is -0.233. The molecule has 0 aromatic rings. The van der Waals surface area contributed by atoms with E-state index in [4.69, 9.17) is 23.7 Å². The monoisotopic (exact) mass is 304 g/mol. The molecule has 2 fully saturated rings. The Bertz CT molecular complexity index is 420. The first-order valence-electron chi connectivity index (χ1n) is 6.70. The van der Waals surface area contributed by atoms with E-state index in [1.807, 2.05) is 0 Å². The predicted molar refractivity (Wildman–Crippen MR) is 66.9 cm³/mol. The zero-order valence-corrected chi connectivity index (χ0v) is 12.4. The Hall–Kier alpha value is -1.22. The highest BCUT2D eigenvalue weighted by molar-refractivity contribution is 5.67. The molecule has 0 spiro atoms. The summed E-state index contributed by atoms with van der Waals surface area (Å²) in [7, 11) is 0. The summed E-state index contributed by atoms with van der Waals surface area (Å²) in [6.07, 6.45) is -4.04. The molecule has 1 N–H and O–H groups in total. The van der Waals surface area contributed by atoms with Gasteiger partial charge in [0.25, 0.3) is 0 Å². The maximum Gasteiger partial charge on any atom is 0.303 e. The molecule has 0 amide bonds. The molecule has 2 aliphatic rings. The van der Waals surface area contributed by atoms with Gasteiger partial charge in [-0.25, -0.2) is 0 Å². The van der Waals surface area contributed by atoms with E-state index < -0.39 is 55.0 Å². The summed E-state index contributed by atoms with van der Waals surface area (Å²) in [5.41, 5.74) is 0. The molecule has 2 aliphatic heterocycles. The second-order valence-electron chi connectivity index (χ2n) is 5.47. The summed E-state index contributed by atoms with van der Waals surface area (Å²) in [6, 6.07) is 0. The molecule has 120 valence electrons. The van der Waals surface area contributed by atoms with Gasteiger partial charge in [0.1, 0.15) is 6.10 Å².